The molecule has 40 heavy (non-hydrogen) atoms. The van der Waals surface area contributed by atoms with Crippen molar-refractivity contribution in [2.45, 2.75) is 44.7 Å². The molecule has 0 amide bonds. The molecule has 9 heteroatoms. The SMILES string of the molecule is CC(CF)NCC(Cc1nc[nH]c(=O)c1O)c1ccc(CCc2ccc(CN3CC4COCC4C3)cc2)cc1F. The fraction of sp³-hybridized carbons (Fsp3) is 0.484. The zero-order valence-corrected chi connectivity index (χ0v) is 22.9. The van der Waals surface area contributed by atoms with Crippen molar-refractivity contribution < 1.29 is 18.6 Å². The second-order valence-corrected chi connectivity index (χ2v) is 11.3. The van der Waals surface area contributed by atoms with Crippen LogP contribution in [0.25, 0.3) is 0 Å². The molecule has 2 aliphatic heterocycles. The Balaban J connectivity index is 1.20. The lowest BCUT2D eigenvalue weighted by Gasteiger charge is -2.21. The summed E-state index contributed by atoms with van der Waals surface area (Å²) >= 11 is 0. The molecule has 0 spiro atoms. The number of H-pyrrole nitrogens is 1. The van der Waals surface area contributed by atoms with Crippen LogP contribution in [0.1, 0.15) is 40.8 Å². The Labute approximate surface area is 233 Å². The van der Waals surface area contributed by atoms with Gasteiger partial charge in [0.1, 0.15) is 12.5 Å². The first-order chi connectivity index (χ1) is 19.4. The summed E-state index contributed by atoms with van der Waals surface area (Å²) in [5, 5.41) is 13.2. The van der Waals surface area contributed by atoms with E-state index in [0.717, 1.165) is 44.8 Å². The molecule has 2 aliphatic rings. The number of alkyl halides is 1. The highest BCUT2D eigenvalue weighted by atomic mass is 19.1. The quantitative estimate of drug-likeness (QED) is 0.317. The highest BCUT2D eigenvalue weighted by Gasteiger charge is 2.36. The van der Waals surface area contributed by atoms with Gasteiger partial charge < -0.3 is 20.1 Å². The third kappa shape index (κ3) is 6.95. The Morgan fingerprint density at radius 3 is 2.48 bits per heavy atom. The van der Waals surface area contributed by atoms with Crippen LogP contribution in [0.15, 0.2) is 53.6 Å². The number of nitrogens with one attached hydrogen (secondary N) is 2. The highest BCUT2D eigenvalue weighted by molar-refractivity contribution is 5.32. The maximum Gasteiger partial charge on any atom is 0.293 e. The first kappa shape index (κ1) is 28.4. The fourth-order valence-electron chi connectivity index (χ4n) is 5.83. The lowest BCUT2D eigenvalue weighted by Crippen LogP contribution is -2.33. The van der Waals surface area contributed by atoms with Gasteiger partial charge >= 0.3 is 0 Å². The number of nitrogens with zero attached hydrogens (tertiary/aromatic N) is 2. The summed E-state index contributed by atoms with van der Waals surface area (Å²) in [5.74, 6) is 0.0773. The maximum absolute atomic E-state index is 15.4. The molecule has 7 nitrogen and oxygen atoms in total. The number of likely N-dealkylation sites (tertiary alicyclic amines) is 1. The molecule has 3 heterocycles. The van der Waals surface area contributed by atoms with Gasteiger partial charge in [0.05, 0.1) is 25.2 Å². The van der Waals surface area contributed by atoms with E-state index in [-0.39, 0.29) is 24.5 Å². The molecule has 2 aromatic carbocycles. The summed E-state index contributed by atoms with van der Waals surface area (Å²) in [6.45, 7) is 6.40. The van der Waals surface area contributed by atoms with E-state index >= 15 is 4.39 Å². The molecule has 0 bridgehead atoms. The van der Waals surface area contributed by atoms with Gasteiger partial charge in [0.2, 0.25) is 5.75 Å². The van der Waals surface area contributed by atoms with Crippen LogP contribution >= 0.6 is 0 Å². The number of aryl methyl sites for hydroxylation is 2. The average molecular weight is 553 g/mol. The summed E-state index contributed by atoms with van der Waals surface area (Å²) in [6.07, 6.45) is 2.85. The Bertz CT molecular complexity index is 1320. The van der Waals surface area contributed by atoms with Crippen molar-refractivity contribution in [1.82, 2.24) is 20.2 Å². The zero-order chi connectivity index (χ0) is 28.1. The molecule has 3 aromatic rings. The summed E-state index contributed by atoms with van der Waals surface area (Å²) in [4.78, 5) is 20.7. The summed E-state index contributed by atoms with van der Waals surface area (Å²) < 4.78 is 34.0. The largest absolute Gasteiger partial charge is 0.502 e. The van der Waals surface area contributed by atoms with E-state index in [2.05, 4.69) is 44.5 Å². The van der Waals surface area contributed by atoms with E-state index in [0.29, 0.717) is 23.8 Å². The van der Waals surface area contributed by atoms with Crippen molar-refractivity contribution in [1.29, 1.82) is 0 Å². The van der Waals surface area contributed by atoms with Crippen LogP contribution in [0, 0.1) is 17.7 Å². The van der Waals surface area contributed by atoms with E-state index < -0.39 is 29.9 Å². The van der Waals surface area contributed by atoms with Gasteiger partial charge in [0, 0.05) is 56.4 Å². The Morgan fingerprint density at radius 2 is 1.77 bits per heavy atom. The third-order valence-corrected chi connectivity index (χ3v) is 8.24. The number of benzene rings is 2. The molecule has 0 aliphatic carbocycles. The predicted molar refractivity (Wildman–Crippen MR) is 150 cm³/mol. The molecule has 3 N–H and O–H groups in total. The van der Waals surface area contributed by atoms with E-state index in [1.165, 1.54) is 17.5 Å². The highest BCUT2D eigenvalue weighted by Crippen LogP contribution is 2.30. The molecule has 0 saturated carbocycles. The minimum absolute atomic E-state index is 0.136. The van der Waals surface area contributed by atoms with Crippen molar-refractivity contribution in [2.75, 3.05) is 39.5 Å². The van der Waals surface area contributed by atoms with Crippen LogP contribution < -0.4 is 10.9 Å². The van der Waals surface area contributed by atoms with E-state index in [9.17, 15) is 14.3 Å². The van der Waals surface area contributed by atoms with Crippen LogP contribution in [-0.2, 0) is 30.5 Å². The molecule has 1 aromatic heterocycles. The Morgan fingerprint density at radius 1 is 1.10 bits per heavy atom. The molecule has 0 radical (unpaired) electrons. The second-order valence-electron chi connectivity index (χ2n) is 11.3. The maximum atomic E-state index is 15.4. The second kappa shape index (κ2) is 13.0. The number of ether oxygens (including phenoxy) is 1. The number of fused-ring (bicyclic) bond motifs is 1. The number of aromatic hydroxyl groups is 1. The van der Waals surface area contributed by atoms with Gasteiger partial charge in [0.15, 0.2) is 0 Å². The fourth-order valence-corrected chi connectivity index (χ4v) is 5.83. The van der Waals surface area contributed by atoms with Crippen molar-refractivity contribution in [2.24, 2.45) is 11.8 Å². The molecular formula is C31H38F2N4O3. The van der Waals surface area contributed by atoms with Crippen molar-refractivity contribution >= 4 is 0 Å². The Hall–Kier alpha value is -3.14. The molecule has 2 fully saturated rings. The molecule has 214 valence electrons. The van der Waals surface area contributed by atoms with Crippen LogP contribution in [0.2, 0.25) is 0 Å². The molecular weight excluding hydrogens is 514 g/mol. The number of hydrogen-bond donors (Lipinski definition) is 3. The van der Waals surface area contributed by atoms with E-state index in [1.807, 2.05) is 6.07 Å². The monoisotopic (exact) mass is 552 g/mol. The van der Waals surface area contributed by atoms with Gasteiger partial charge in [-0.3, -0.25) is 9.69 Å². The van der Waals surface area contributed by atoms with Crippen LogP contribution in [-0.4, -0.2) is 65.5 Å². The summed E-state index contributed by atoms with van der Waals surface area (Å²) in [6, 6.07) is 13.5. The number of hydrogen-bond acceptors (Lipinski definition) is 6. The first-order valence-corrected chi connectivity index (χ1v) is 14.1. The lowest BCUT2D eigenvalue weighted by atomic mass is 9.91. The number of rotatable bonds is 12. The van der Waals surface area contributed by atoms with Gasteiger partial charge in [-0.15, -0.1) is 0 Å². The number of aromatic amines is 1. The van der Waals surface area contributed by atoms with Crippen molar-refractivity contribution in [3.63, 3.8) is 0 Å². The molecule has 5 rings (SSSR count). The van der Waals surface area contributed by atoms with E-state index in [1.54, 1.807) is 19.1 Å². The smallest absolute Gasteiger partial charge is 0.293 e. The lowest BCUT2D eigenvalue weighted by molar-refractivity contribution is 0.153. The topological polar surface area (TPSA) is 90.5 Å². The number of aromatic nitrogens is 2. The summed E-state index contributed by atoms with van der Waals surface area (Å²) in [5.41, 5.74) is 3.37. The molecule has 2 saturated heterocycles. The van der Waals surface area contributed by atoms with Crippen LogP contribution in [0.4, 0.5) is 8.78 Å². The summed E-state index contributed by atoms with van der Waals surface area (Å²) in [7, 11) is 0. The van der Waals surface area contributed by atoms with Gasteiger partial charge in [-0.2, -0.15) is 0 Å². The minimum atomic E-state index is -0.647. The average Bonchev–Trinajstić information content (AvgIpc) is 3.55. The standard InChI is InChI=1S/C31H38F2N4O3/c1-20(12-32)34-13-24(11-29-30(38)31(39)36-19-35-29)27-9-8-22(10-28(27)33)5-2-21-3-6-23(7-4-21)14-37-15-25-17-40-18-26(25)16-37/h3-4,6-10,19-20,24-26,34,38H,2,5,11-18H2,1H3,(H,35,36,39). The first-order valence-electron chi connectivity index (χ1n) is 14.1. The van der Waals surface area contributed by atoms with Crippen LogP contribution in [0.5, 0.6) is 5.75 Å². The molecule has 4 atom stereocenters. The third-order valence-electron chi connectivity index (χ3n) is 8.24. The predicted octanol–water partition coefficient (Wildman–Crippen LogP) is 3.75. The van der Waals surface area contributed by atoms with Crippen molar-refractivity contribution in [3.05, 3.63) is 92.9 Å². The minimum Gasteiger partial charge on any atom is -0.502 e. The van der Waals surface area contributed by atoms with Crippen molar-refractivity contribution in [3.8, 4) is 5.75 Å². The molecule has 4 unspecified atom stereocenters. The van der Waals surface area contributed by atoms with Crippen LogP contribution in [0.3, 0.4) is 0 Å². The zero-order valence-electron chi connectivity index (χ0n) is 22.9. The van der Waals surface area contributed by atoms with Gasteiger partial charge in [-0.1, -0.05) is 36.4 Å². The van der Waals surface area contributed by atoms with Gasteiger partial charge in [0.25, 0.3) is 5.56 Å². The van der Waals surface area contributed by atoms with E-state index in [4.69, 9.17) is 4.74 Å². The number of halogens is 2. The van der Waals surface area contributed by atoms with Gasteiger partial charge in [-0.25, -0.2) is 13.8 Å². The Kier molecular flexibility index (Phi) is 9.24. The normalized spacial score (nSPS) is 20.5. The van der Waals surface area contributed by atoms with Gasteiger partial charge in [-0.05, 0) is 48.1 Å².